The zero-order valence-corrected chi connectivity index (χ0v) is 9.90. The summed E-state index contributed by atoms with van der Waals surface area (Å²) in [5.74, 6) is 0. The molecule has 1 rings (SSSR count). The van der Waals surface area contributed by atoms with Crippen LogP contribution in [0.4, 0.5) is 5.69 Å². The smallest absolute Gasteiger partial charge is 0.0635 e. The molecular weight excluding hydrogens is 198 g/mol. The molecule has 0 aliphatic carbocycles. The van der Waals surface area contributed by atoms with Crippen molar-refractivity contribution in [3.05, 3.63) is 30.3 Å². The second kappa shape index (κ2) is 6.86. The van der Waals surface area contributed by atoms with Crippen molar-refractivity contribution in [3.63, 3.8) is 0 Å². The number of likely N-dealkylation sites (N-methyl/N-ethyl adjacent to an activating group) is 1. The Morgan fingerprint density at radius 1 is 1.56 bits per heavy atom. The van der Waals surface area contributed by atoms with Gasteiger partial charge in [0, 0.05) is 44.4 Å². The van der Waals surface area contributed by atoms with Gasteiger partial charge in [-0.25, -0.2) is 0 Å². The molecule has 0 aliphatic rings. The molecule has 1 N–H and O–H groups in total. The minimum absolute atomic E-state index is 0.368. The van der Waals surface area contributed by atoms with Gasteiger partial charge in [-0.05, 0) is 13.0 Å². The average molecular weight is 216 g/mol. The quantitative estimate of drug-likeness (QED) is 0.737. The van der Waals surface area contributed by atoms with Crippen molar-refractivity contribution in [2.45, 2.75) is 19.4 Å². The maximum absolute atomic E-state index is 8.43. The van der Waals surface area contributed by atoms with E-state index in [1.54, 1.807) is 0 Å². The molecule has 3 nitrogen and oxygen atoms in total. The zero-order chi connectivity index (χ0) is 11.8. The fraction of sp³-hybridized carbons (Fsp3) is 0.462. The number of para-hydroxylation sites is 1. The molecule has 0 saturated heterocycles. The van der Waals surface area contributed by atoms with Crippen molar-refractivity contribution in [1.29, 1.82) is 5.26 Å². The van der Waals surface area contributed by atoms with Crippen LogP contribution in [0.2, 0.25) is 0 Å². The molecule has 1 unspecified atom stereocenters. The molecule has 1 aromatic rings. The zero-order valence-electron chi connectivity index (χ0n) is 9.90. The van der Waals surface area contributed by atoms with Crippen molar-refractivity contribution < 1.29 is 0 Å². The first-order valence-electron chi connectivity index (χ1n) is 5.52. The predicted octanol–water partition coefficient (Wildman–Crippen LogP) is 1.81. The van der Waals surface area contributed by atoms with Gasteiger partial charge in [0.25, 0.3) is 0 Å². The molecule has 0 saturated carbocycles. The van der Waals surface area contributed by atoms with Gasteiger partial charge < -0.3 is 10.2 Å². The summed E-state index contributed by atoms with van der Waals surface area (Å²) in [5, 5.41) is 11.7. The molecule has 1 atom stereocenters. The third-order valence-corrected chi connectivity index (χ3v) is 2.38. The SMILES string of the molecule is CC(CN(C)c1[c]cccc1)NCCC#N. The van der Waals surface area contributed by atoms with Crippen LogP contribution >= 0.6 is 0 Å². The molecule has 1 radical (unpaired) electrons. The van der Waals surface area contributed by atoms with Crippen LogP contribution in [-0.4, -0.2) is 26.2 Å². The Kier molecular flexibility index (Phi) is 5.38. The molecule has 0 aliphatic heterocycles. The Morgan fingerprint density at radius 2 is 2.38 bits per heavy atom. The maximum atomic E-state index is 8.43. The van der Waals surface area contributed by atoms with Gasteiger partial charge in [0.1, 0.15) is 0 Å². The summed E-state index contributed by atoms with van der Waals surface area (Å²) >= 11 is 0. The number of hydrogen-bond acceptors (Lipinski definition) is 3. The Labute approximate surface area is 97.7 Å². The van der Waals surface area contributed by atoms with Crippen LogP contribution in [0.5, 0.6) is 0 Å². The van der Waals surface area contributed by atoms with Crippen LogP contribution in [0.1, 0.15) is 13.3 Å². The highest BCUT2D eigenvalue weighted by atomic mass is 15.1. The van der Waals surface area contributed by atoms with Crippen LogP contribution in [0.3, 0.4) is 0 Å². The number of nitriles is 1. The molecule has 3 heteroatoms. The Hall–Kier alpha value is -1.53. The number of hydrogen-bond donors (Lipinski definition) is 1. The molecule has 16 heavy (non-hydrogen) atoms. The predicted molar refractivity (Wildman–Crippen MR) is 66.2 cm³/mol. The van der Waals surface area contributed by atoms with Crippen molar-refractivity contribution in [1.82, 2.24) is 5.32 Å². The van der Waals surface area contributed by atoms with Crippen LogP contribution < -0.4 is 10.2 Å². The Bertz CT molecular complexity index is 329. The maximum Gasteiger partial charge on any atom is 0.0635 e. The van der Waals surface area contributed by atoms with E-state index in [9.17, 15) is 0 Å². The van der Waals surface area contributed by atoms with E-state index >= 15 is 0 Å². The highest BCUT2D eigenvalue weighted by Crippen LogP contribution is 2.09. The summed E-state index contributed by atoms with van der Waals surface area (Å²) in [5.41, 5.74) is 1.09. The van der Waals surface area contributed by atoms with E-state index in [2.05, 4.69) is 29.3 Å². The molecule has 0 fully saturated rings. The van der Waals surface area contributed by atoms with Crippen LogP contribution in [-0.2, 0) is 0 Å². The van der Waals surface area contributed by atoms with E-state index in [0.29, 0.717) is 12.5 Å². The van der Waals surface area contributed by atoms with Gasteiger partial charge >= 0.3 is 0 Å². The number of nitrogens with zero attached hydrogens (tertiary/aromatic N) is 2. The van der Waals surface area contributed by atoms with Gasteiger partial charge in [0.05, 0.1) is 6.07 Å². The summed E-state index contributed by atoms with van der Waals surface area (Å²) in [6.07, 6.45) is 0.561. The lowest BCUT2D eigenvalue weighted by Crippen LogP contribution is -2.37. The normalized spacial score (nSPS) is 11.8. The fourth-order valence-corrected chi connectivity index (χ4v) is 1.57. The second-order valence-electron chi connectivity index (χ2n) is 3.89. The minimum Gasteiger partial charge on any atom is -0.373 e. The number of rotatable bonds is 6. The minimum atomic E-state index is 0.368. The van der Waals surface area contributed by atoms with Crippen molar-refractivity contribution in [2.24, 2.45) is 0 Å². The first-order chi connectivity index (χ1) is 7.74. The summed E-state index contributed by atoms with van der Waals surface area (Å²) in [6.45, 7) is 3.78. The standard InChI is InChI=1S/C13H18N3/c1-12(15-10-6-9-14)11-16(2)13-7-4-3-5-8-13/h3-5,7,12,15H,6,10-11H2,1-2H3. The van der Waals surface area contributed by atoms with Gasteiger partial charge in [0.15, 0.2) is 0 Å². The third kappa shape index (κ3) is 4.33. The second-order valence-corrected chi connectivity index (χ2v) is 3.89. The third-order valence-electron chi connectivity index (χ3n) is 2.38. The number of nitrogens with one attached hydrogen (secondary N) is 1. The fourth-order valence-electron chi connectivity index (χ4n) is 1.57. The molecule has 0 amide bonds. The van der Waals surface area contributed by atoms with E-state index in [0.717, 1.165) is 18.8 Å². The first-order valence-corrected chi connectivity index (χ1v) is 5.52. The van der Waals surface area contributed by atoms with E-state index in [4.69, 9.17) is 5.26 Å². The lowest BCUT2D eigenvalue weighted by atomic mass is 10.2. The van der Waals surface area contributed by atoms with Gasteiger partial charge in [-0.3, -0.25) is 0 Å². The Balaban J connectivity index is 2.34. The van der Waals surface area contributed by atoms with Gasteiger partial charge in [-0.15, -0.1) is 0 Å². The van der Waals surface area contributed by atoms with E-state index in [1.165, 1.54) is 0 Å². The summed E-state index contributed by atoms with van der Waals surface area (Å²) < 4.78 is 0. The molecule has 0 aromatic heterocycles. The Morgan fingerprint density at radius 3 is 3.00 bits per heavy atom. The van der Waals surface area contributed by atoms with Gasteiger partial charge in [-0.2, -0.15) is 5.26 Å². The summed E-state index contributed by atoms with van der Waals surface area (Å²) in [4.78, 5) is 2.16. The first kappa shape index (κ1) is 12.5. The van der Waals surface area contributed by atoms with Gasteiger partial charge in [0.2, 0.25) is 0 Å². The molecule has 0 bridgehead atoms. The monoisotopic (exact) mass is 216 g/mol. The highest BCUT2D eigenvalue weighted by Gasteiger charge is 2.05. The van der Waals surface area contributed by atoms with E-state index < -0.39 is 0 Å². The van der Waals surface area contributed by atoms with Crippen molar-refractivity contribution >= 4 is 5.69 Å². The highest BCUT2D eigenvalue weighted by molar-refractivity contribution is 5.43. The molecular formula is C13H18N3. The van der Waals surface area contributed by atoms with Crippen LogP contribution in [0.25, 0.3) is 0 Å². The van der Waals surface area contributed by atoms with Crippen LogP contribution in [0, 0.1) is 17.4 Å². The summed E-state index contributed by atoms with van der Waals surface area (Å²) in [7, 11) is 2.05. The molecule has 85 valence electrons. The van der Waals surface area contributed by atoms with E-state index in [1.807, 2.05) is 31.3 Å². The lowest BCUT2D eigenvalue weighted by Gasteiger charge is -2.23. The molecule has 0 spiro atoms. The van der Waals surface area contributed by atoms with Gasteiger partial charge in [-0.1, -0.05) is 18.2 Å². The number of benzene rings is 1. The number of anilines is 1. The van der Waals surface area contributed by atoms with Crippen LogP contribution in [0.15, 0.2) is 24.3 Å². The summed E-state index contributed by atoms with van der Waals surface area (Å²) in [6, 6.07) is 13.6. The average Bonchev–Trinajstić information content (AvgIpc) is 2.30. The topological polar surface area (TPSA) is 39.1 Å². The largest absolute Gasteiger partial charge is 0.373 e. The molecule has 1 aromatic carbocycles. The van der Waals surface area contributed by atoms with Crippen molar-refractivity contribution in [3.8, 4) is 6.07 Å². The molecule has 0 heterocycles. The van der Waals surface area contributed by atoms with E-state index in [-0.39, 0.29) is 0 Å². The lowest BCUT2D eigenvalue weighted by molar-refractivity contribution is 0.553. The van der Waals surface area contributed by atoms with Crippen molar-refractivity contribution in [2.75, 3.05) is 25.0 Å².